The molecular weight excluding hydrogens is 462 g/mol. The second kappa shape index (κ2) is 8.96. The summed E-state index contributed by atoms with van der Waals surface area (Å²) in [6.07, 6.45) is 3.58. The molecule has 5 aromatic carbocycles. The number of hydrogen-bond donors (Lipinski definition) is 0. The third-order valence-corrected chi connectivity index (χ3v) is 7.16. The Hall–Kier alpha value is -5.33. The van der Waals surface area contributed by atoms with Crippen molar-refractivity contribution in [2.75, 3.05) is 0 Å². The predicted octanol–water partition coefficient (Wildman–Crippen LogP) is 8.81. The lowest BCUT2D eigenvalue weighted by atomic mass is 9.85. The maximum Gasteiger partial charge on any atom is 0.0992 e. The van der Waals surface area contributed by atoms with Crippen molar-refractivity contribution in [1.82, 2.24) is 9.97 Å². The van der Waals surface area contributed by atoms with E-state index in [0.29, 0.717) is 11.3 Å². The summed E-state index contributed by atoms with van der Waals surface area (Å²) in [6, 6.07) is 42.2. The molecule has 0 saturated heterocycles. The van der Waals surface area contributed by atoms with Crippen molar-refractivity contribution >= 4 is 32.3 Å². The van der Waals surface area contributed by atoms with Gasteiger partial charge in [-0.2, -0.15) is 5.26 Å². The van der Waals surface area contributed by atoms with E-state index in [1.807, 2.05) is 12.3 Å². The molecule has 0 atom stereocenters. The van der Waals surface area contributed by atoms with E-state index in [0.717, 1.165) is 11.3 Å². The van der Waals surface area contributed by atoms with Crippen LogP contribution in [0.3, 0.4) is 0 Å². The topological polar surface area (TPSA) is 49.6 Å². The fraction of sp³-hybridized carbons (Fsp3) is 0. The standard InChI is InChI=1S/C35H21N3/c36-21-23-16-17-37-33(18-23)32-15-14-27(22-38-32)35-29-13-7-6-12-28(29)34(24-8-2-1-3-9-24)30-19-25-10-4-5-11-26(25)20-31(30)35/h1-20,22H. The van der Waals surface area contributed by atoms with Gasteiger partial charge < -0.3 is 0 Å². The van der Waals surface area contributed by atoms with Crippen molar-refractivity contribution in [3.05, 3.63) is 133 Å². The van der Waals surface area contributed by atoms with Gasteiger partial charge in [-0.25, -0.2) is 0 Å². The molecule has 0 bridgehead atoms. The molecule has 2 heterocycles. The van der Waals surface area contributed by atoms with Crippen LogP contribution in [-0.2, 0) is 0 Å². The zero-order valence-corrected chi connectivity index (χ0v) is 20.5. The monoisotopic (exact) mass is 483 g/mol. The second-order valence-electron chi connectivity index (χ2n) is 9.38. The molecule has 0 unspecified atom stereocenters. The van der Waals surface area contributed by atoms with Crippen LogP contribution in [-0.4, -0.2) is 9.97 Å². The molecule has 7 rings (SSSR count). The summed E-state index contributed by atoms with van der Waals surface area (Å²) in [5, 5.41) is 16.5. The van der Waals surface area contributed by atoms with Crippen molar-refractivity contribution in [2.24, 2.45) is 0 Å². The summed E-state index contributed by atoms with van der Waals surface area (Å²) in [7, 11) is 0. The van der Waals surface area contributed by atoms with Gasteiger partial charge in [0.05, 0.1) is 23.0 Å². The molecule has 0 aliphatic rings. The van der Waals surface area contributed by atoms with E-state index in [4.69, 9.17) is 4.98 Å². The van der Waals surface area contributed by atoms with Gasteiger partial charge in [0.15, 0.2) is 0 Å². The van der Waals surface area contributed by atoms with E-state index in [-0.39, 0.29) is 0 Å². The minimum Gasteiger partial charge on any atom is -0.255 e. The van der Waals surface area contributed by atoms with E-state index in [1.165, 1.54) is 49.0 Å². The molecule has 0 spiro atoms. The van der Waals surface area contributed by atoms with Gasteiger partial charge in [-0.05, 0) is 79.3 Å². The van der Waals surface area contributed by atoms with E-state index < -0.39 is 0 Å². The fourth-order valence-corrected chi connectivity index (χ4v) is 5.42. The average Bonchev–Trinajstić information content (AvgIpc) is 2.99. The predicted molar refractivity (Wildman–Crippen MR) is 156 cm³/mol. The van der Waals surface area contributed by atoms with Crippen LogP contribution in [0.4, 0.5) is 0 Å². The van der Waals surface area contributed by atoms with Crippen LogP contribution in [0.2, 0.25) is 0 Å². The summed E-state index contributed by atoms with van der Waals surface area (Å²) in [5.74, 6) is 0. The molecule has 3 heteroatoms. The van der Waals surface area contributed by atoms with Gasteiger partial charge in [-0.15, -0.1) is 0 Å². The average molecular weight is 484 g/mol. The van der Waals surface area contributed by atoms with E-state index in [9.17, 15) is 5.26 Å². The van der Waals surface area contributed by atoms with Gasteiger partial charge in [0.2, 0.25) is 0 Å². The molecule has 3 nitrogen and oxygen atoms in total. The van der Waals surface area contributed by atoms with Gasteiger partial charge in [-0.1, -0.05) is 84.9 Å². The number of pyridine rings is 2. The maximum absolute atomic E-state index is 9.28. The molecule has 0 aliphatic heterocycles. The summed E-state index contributed by atoms with van der Waals surface area (Å²) < 4.78 is 0. The lowest BCUT2D eigenvalue weighted by molar-refractivity contribution is 1.24. The SMILES string of the molecule is N#Cc1ccnc(-c2ccc(-c3c4ccccc4c(-c4ccccc4)c4cc5ccccc5cc34)cn2)c1. The van der Waals surface area contributed by atoms with Gasteiger partial charge in [0.1, 0.15) is 0 Å². The minimum absolute atomic E-state index is 0.571. The first-order valence-corrected chi connectivity index (χ1v) is 12.6. The highest BCUT2D eigenvalue weighted by molar-refractivity contribution is 6.23. The Labute approximate surface area is 220 Å². The third-order valence-electron chi connectivity index (χ3n) is 7.16. The third kappa shape index (κ3) is 3.59. The van der Waals surface area contributed by atoms with Crippen LogP contribution in [0.1, 0.15) is 5.56 Å². The van der Waals surface area contributed by atoms with Gasteiger partial charge in [-0.3, -0.25) is 9.97 Å². The quantitative estimate of drug-likeness (QED) is 0.236. The van der Waals surface area contributed by atoms with Crippen molar-refractivity contribution in [1.29, 1.82) is 5.26 Å². The van der Waals surface area contributed by atoms with E-state index in [2.05, 4.69) is 108 Å². The van der Waals surface area contributed by atoms with Gasteiger partial charge >= 0.3 is 0 Å². The Morgan fingerprint density at radius 3 is 1.76 bits per heavy atom. The van der Waals surface area contributed by atoms with E-state index in [1.54, 1.807) is 18.3 Å². The smallest absolute Gasteiger partial charge is 0.0992 e. The molecule has 7 aromatic rings. The van der Waals surface area contributed by atoms with Gasteiger partial charge in [0, 0.05) is 18.0 Å². The molecule has 0 saturated carbocycles. The molecule has 0 aliphatic carbocycles. The lowest BCUT2D eigenvalue weighted by Gasteiger charge is -2.18. The number of aromatic nitrogens is 2. The first-order valence-electron chi connectivity index (χ1n) is 12.6. The summed E-state index contributed by atoms with van der Waals surface area (Å²) in [4.78, 5) is 9.21. The maximum atomic E-state index is 9.28. The lowest BCUT2D eigenvalue weighted by Crippen LogP contribution is -1.93. The Kier molecular flexibility index (Phi) is 5.17. The molecule has 0 fully saturated rings. The Bertz CT molecular complexity index is 2020. The first kappa shape index (κ1) is 21.9. The van der Waals surface area contributed by atoms with Crippen molar-refractivity contribution < 1.29 is 0 Å². The summed E-state index contributed by atoms with van der Waals surface area (Å²) in [6.45, 7) is 0. The van der Waals surface area contributed by atoms with Crippen molar-refractivity contribution in [3.8, 4) is 39.7 Å². The largest absolute Gasteiger partial charge is 0.255 e. The molecule has 38 heavy (non-hydrogen) atoms. The molecule has 0 N–H and O–H groups in total. The Morgan fingerprint density at radius 2 is 1.13 bits per heavy atom. The number of hydrogen-bond acceptors (Lipinski definition) is 3. The fourth-order valence-electron chi connectivity index (χ4n) is 5.42. The number of fused-ring (bicyclic) bond motifs is 3. The van der Waals surface area contributed by atoms with Crippen molar-refractivity contribution in [3.63, 3.8) is 0 Å². The Morgan fingerprint density at radius 1 is 0.500 bits per heavy atom. The van der Waals surface area contributed by atoms with Crippen LogP contribution in [0.5, 0.6) is 0 Å². The van der Waals surface area contributed by atoms with Crippen LogP contribution >= 0.6 is 0 Å². The highest BCUT2D eigenvalue weighted by atomic mass is 14.8. The molecular formula is C35H21N3. The summed E-state index contributed by atoms with van der Waals surface area (Å²) in [5.41, 5.74) is 6.66. The van der Waals surface area contributed by atoms with Crippen LogP contribution in [0, 0.1) is 11.3 Å². The highest BCUT2D eigenvalue weighted by Crippen LogP contribution is 2.44. The van der Waals surface area contributed by atoms with Crippen molar-refractivity contribution in [2.45, 2.75) is 0 Å². The van der Waals surface area contributed by atoms with Crippen LogP contribution in [0.25, 0.3) is 66.0 Å². The number of rotatable bonds is 3. The molecule has 2 aromatic heterocycles. The second-order valence-corrected chi connectivity index (χ2v) is 9.38. The van der Waals surface area contributed by atoms with Crippen LogP contribution < -0.4 is 0 Å². The molecule has 0 amide bonds. The zero-order valence-electron chi connectivity index (χ0n) is 20.5. The number of nitriles is 1. The number of benzene rings is 5. The highest BCUT2D eigenvalue weighted by Gasteiger charge is 2.17. The van der Waals surface area contributed by atoms with E-state index >= 15 is 0 Å². The molecule has 176 valence electrons. The Balaban J connectivity index is 1.55. The zero-order chi connectivity index (χ0) is 25.5. The summed E-state index contributed by atoms with van der Waals surface area (Å²) >= 11 is 0. The molecule has 0 radical (unpaired) electrons. The normalized spacial score (nSPS) is 11.1. The first-order chi connectivity index (χ1) is 18.8. The number of nitrogens with zero attached hydrogens (tertiary/aromatic N) is 3. The van der Waals surface area contributed by atoms with Crippen LogP contribution in [0.15, 0.2) is 128 Å². The van der Waals surface area contributed by atoms with Gasteiger partial charge in [0.25, 0.3) is 0 Å². The minimum atomic E-state index is 0.571.